The van der Waals surface area contributed by atoms with E-state index < -0.39 is 52.8 Å². The molecule has 1 heterocycles. The number of sulfone groups is 1. The number of benzene rings is 1. The second-order valence-electron chi connectivity index (χ2n) is 5.65. The molecule has 1 atom stereocenters. The molecular weight excluding hydrogens is 379 g/mol. The van der Waals surface area contributed by atoms with Crippen molar-refractivity contribution in [2.24, 2.45) is 0 Å². The molecule has 2 rings (SSSR count). The molecule has 0 unspecified atom stereocenters. The van der Waals surface area contributed by atoms with E-state index in [1.165, 1.54) is 6.92 Å². The highest BCUT2D eigenvalue weighted by molar-refractivity contribution is 7.92. The maximum Gasteiger partial charge on any atom is 0.417 e. The predicted octanol–water partition coefficient (Wildman–Crippen LogP) is 2.21. The van der Waals surface area contributed by atoms with Crippen molar-refractivity contribution in [3.05, 3.63) is 28.8 Å². The lowest BCUT2D eigenvalue weighted by Gasteiger charge is -2.23. The number of alkyl halides is 3. The Labute approximate surface area is 136 Å². The van der Waals surface area contributed by atoms with E-state index in [0.29, 0.717) is 6.07 Å². The molecular formula is C12H13ClF3NO4S2. The molecule has 1 fully saturated rings. The topological polar surface area (TPSA) is 80.3 Å². The van der Waals surface area contributed by atoms with E-state index in [2.05, 4.69) is 4.72 Å². The highest BCUT2D eigenvalue weighted by atomic mass is 35.5. The molecule has 1 saturated heterocycles. The Hall–Kier alpha value is -0.840. The smallest absolute Gasteiger partial charge is 0.229 e. The van der Waals surface area contributed by atoms with Crippen LogP contribution in [0, 0.1) is 0 Å². The zero-order valence-corrected chi connectivity index (χ0v) is 14.2. The van der Waals surface area contributed by atoms with Gasteiger partial charge in [0.2, 0.25) is 10.0 Å². The Bertz CT molecular complexity index is 836. The van der Waals surface area contributed by atoms with Crippen molar-refractivity contribution < 1.29 is 30.0 Å². The third-order valence-corrected chi connectivity index (χ3v) is 7.31. The number of hydrogen-bond acceptors (Lipinski definition) is 4. The van der Waals surface area contributed by atoms with Crippen molar-refractivity contribution in [3.8, 4) is 0 Å². The summed E-state index contributed by atoms with van der Waals surface area (Å²) in [5, 5.41) is -0.619. The molecule has 1 aromatic rings. The number of hydrogen-bond donors (Lipinski definition) is 1. The van der Waals surface area contributed by atoms with Crippen LogP contribution < -0.4 is 4.72 Å². The summed E-state index contributed by atoms with van der Waals surface area (Å²) in [5.74, 6) is -0.584. The molecule has 0 amide bonds. The molecule has 0 aromatic heterocycles. The first-order chi connectivity index (χ1) is 10.2. The lowest BCUT2D eigenvalue weighted by atomic mass is 10.0. The predicted molar refractivity (Wildman–Crippen MR) is 78.5 cm³/mol. The summed E-state index contributed by atoms with van der Waals surface area (Å²) in [7, 11) is -7.70. The van der Waals surface area contributed by atoms with Crippen LogP contribution in [0.5, 0.6) is 0 Å². The molecule has 11 heteroatoms. The van der Waals surface area contributed by atoms with E-state index in [1.54, 1.807) is 0 Å². The van der Waals surface area contributed by atoms with Crippen molar-refractivity contribution in [1.29, 1.82) is 0 Å². The van der Waals surface area contributed by atoms with E-state index in [4.69, 9.17) is 11.6 Å². The van der Waals surface area contributed by atoms with E-state index >= 15 is 0 Å². The van der Waals surface area contributed by atoms with Crippen LogP contribution in [0.15, 0.2) is 23.1 Å². The summed E-state index contributed by atoms with van der Waals surface area (Å²) in [5.41, 5.74) is -2.53. The van der Waals surface area contributed by atoms with Crippen LogP contribution in [0.2, 0.25) is 5.02 Å². The summed E-state index contributed by atoms with van der Waals surface area (Å²) in [4.78, 5) is -0.625. The maximum absolute atomic E-state index is 12.8. The molecule has 0 spiro atoms. The minimum atomic E-state index is -4.80. The minimum absolute atomic E-state index is 0.0499. The van der Waals surface area contributed by atoms with Crippen LogP contribution in [0.1, 0.15) is 18.9 Å². The van der Waals surface area contributed by atoms with E-state index in [0.717, 1.165) is 12.1 Å². The fraction of sp³-hybridized carbons (Fsp3) is 0.500. The van der Waals surface area contributed by atoms with Gasteiger partial charge in [0.25, 0.3) is 0 Å². The Morgan fingerprint density at radius 3 is 2.39 bits per heavy atom. The second-order valence-corrected chi connectivity index (χ2v) is 9.92. The monoisotopic (exact) mass is 391 g/mol. The normalized spacial score (nSPS) is 24.7. The van der Waals surface area contributed by atoms with E-state index in [9.17, 15) is 30.0 Å². The van der Waals surface area contributed by atoms with Gasteiger partial charge in [0.1, 0.15) is 0 Å². The molecule has 130 valence electrons. The number of rotatable bonds is 3. The Morgan fingerprint density at radius 2 is 1.91 bits per heavy atom. The molecule has 0 aliphatic carbocycles. The molecule has 0 radical (unpaired) electrons. The fourth-order valence-electron chi connectivity index (χ4n) is 2.36. The van der Waals surface area contributed by atoms with Crippen LogP contribution in [0.4, 0.5) is 13.2 Å². The third kappa shape index (κ3) is 4.17. The highest BCUT2D eigenvalue weighted by Crippen LogP contribution is 2.36. The summed E-state index contributed by atoms with van der Waals surface area (Å²) in [6, 6.07) is 2.21. The van der Waals surface area contributed by atoms with Gasteiger partial charge in [-0.05, 0) is 31.5 Å². The van der Waals surface area contributed by atoms with Gasteiger partial charge >= 0.3 is 6.18 Å². The van der Waals surface area contributed by atoms with Crippen LogP contribution >= 0.6 is 11.6 Å². The Balaban J connectivity index is 2.38. The van der Waals surface area contributed by atoms with E-state index in [-0.39, 0.29) is 12.2 Å². The van der Waals surface area contributed by atoms with Crippen molar-refractivity contribution in [2.75, 3.05) is 11.5 Å². The Kier molecular flexibility index (Phi) is 4.51. The molecule has 0 saturated carbocycles. The van der Waals surface area contributed by atoms with Crippen LogP contribution in [-0.2, 0) is 26.0 Å². The molecule has 1 aromatic carbocycles. The molecule has 1 aliphatic rings. The van der Waals surface area contributed by atoms with Crippen molar-refractivity contribution >= 4 is 31.5 Å². The van der Waals surface area contributed by atoms with Crippen molar-refractivity contribution in [1.82, 2.24) is 4.72 Å². The first kappa shape index (κ1) is 18.5. The number of sulfonamides is 1. The second kappa shape index (κ2) is 5.61. The maximum atomic E-state index is 12.8. The largest absolute Gasteiger partial charge is 0.417 e. The molecule has 5 nitrogen and oxygen atoms in total. The average Bonchev–Trinajstić information content (AvgIpc) is 2.60. The van der Waals surface area contributed by atoms with Crippen molar-refractivity contribution in [3.63, 3.8) is 0 Å². The van der Waals surface area contributed by atoms with Gasteiger partial charge in [0, 0.05) is 5.54 Å². The zero-order valence-electron chi connectivity index (χ0n) is 11.8. The van der Waals surface area contributed by atoms with Gasteiger partial charge in [0.15, 0.2) is 9.84 Å². The lowest BCUT2D eigenvalue weighted by molar-refractivity contribution is -0.137. The van der Waals surface area contributed by atoms with Crippen LogP contribution in [0.3, 0.4) is 0 Å². The molecule has 0 bridgehead atoms. The van der Waals surface area contributed by atoms with Gasteiger partial charge in [-0.15, -0.1) is 0 Å². The van der Waals surface area contributed by atoms with E-state index in [1.807, 2.05) is 0 Å². The van der Waals surface area contributed by atoms with Gasteiger partial charge in [-0.2, -0.15) is 13.2 Å². The first-order valence-corrected chi connectivity index (χ1v) is 10.0. The van der Waals surface area contributed by atoms with Gasteiger partial charge in [0.05, 0.1) is 27.0 Å². The SMILES string of the molecule is C[C@@]1(NS(=O)(=O)c2ccc(Cl)c(C(F)(F)F)c2)CCS(=O)(=O)C1. The lowest BCUT2D eigenvalue weighted by Crippen LogP contribution is -2.46. The van der Waals surface area contributed by atoms with Crippen LogP contribution in [-0.4, -0.2) is 33.9 Å². The average molecular weight is 392 g/mol. The molecule has 1 N–H and O–H groups in total. The number of nitrogens with one attached hydrogen (secondary N) is 1. The van der Waals surface area contributed by atoms with Crippen molar-refractivity contribution in [2.45, 2.75) is 30.0 Å². The van der Waals surface area contributed by atoms with Crippen LogP contribution in [0.25, 0.3) is 0 Å². The highest BCUT2D eigenvalue weighted by Gasteiger charge is 2.42. The minimum Gasteiger partial charge on any atom is -0.229 e. The standard InChI is InChI=1S/C12H13ClF3NO4S2/c1-11(4-5-22(18,19)7-11)17-23(20,21)8-2-3-10(13)9(6-8)12(14,15)16/h2-3,6,17H,4-5,7H2,1H3/t11-/m1/s1. The molecule has 1 aliphatic heterocycles. The van der Waals surface area contributed by atoms with Gasteiger partial charge < -0.3 is 0 Å². The number of halogens is 4. The summed E-state index contributed by atoms with van der Waals surface area (Å²) >= 11 is 5.45. The fourth-order valence-corrected chi connectivity index (χ4v) is 6.23. The first-order valence-electron chi connectivity index (χ1n) is 6.35. The summed E-state index contributed by atoms with van der Waals surface area (Å²) < 4.78 is 88.2. The summed E-state index contributed by atoms with van der Waals surface area (Å²) in [6.45, 7) is 1.40. The Morgan fingerprint density at radius 1 is 1.30 bits per heavy atom. The van der Waals surface area contributed by atoms with Gasteiger partial charge in [-0.3, -0.25) is 0 Å². The van der Waals surface area contributed by atoms with Gasteiger partial charge in [-0.25, -0.2) is 21.6 Å². The third-order valence-electron chi connectivity index (χ3n) is 3.44. The summed E-state index contributed by atoms with van der Waals surface area (Å²) in [6.07, 6.45) is -4.75. The quantitative estimate of drug-likeness (QED) is 0.856. The molecule has 23 heavy (non-hydrogen) atoms. The zero-order chi connectivity index (χ0) is 17.7. The van der Waals surface area contributed by atoms with Gasteiger partial charge in [-0.1, -0.05) is 11.6 Å².